The van der Waals surface area contributed by atoms with E-state index < -0.39 is 11.2 Å². The van der Waals surface area contributed by atoms with Gasteiger partial charge >= 0.3 is 5.69 Å². The monoisotopic (exact) mass is 315 g/mol. The lowest BCUT2D eigenvalue weighted by Crippen LogP contribution is -2.41. The normalized spacial score (nSPS) is 16.3. The highest BCUT2D eigenvalue weighted by atomic mass is 16.5. The summed E-state index contributed by atoms with van der Waals surface area (Å²) < 4.78 is 7.74. The van der Waals surface area contributed by atoms with Gasteiger partial charge in [-0.1, -0.05) is 18.2 Å². The maximum atomic E-state index is 12.2. The van der Waals surface area contributed by atoms with Crippen LogP contribution in [0.4, 0.5) is 0 Å². The summed E-state index contributed by atoms with van der Waals surface area (Å²) in [7, 11) is 1.38. The summed E-state index contributed by atoms with van der Waals surface area (Å²) in [5, 5.41) is 2.92. The van der Waals surface area contributed by atoms with Crippen molar-refractivity contribution in [2.45, 2.75) is 19.0 Å². The zero-order valence-electron chi connectivity index (χ0n) is 12.7. The molecular formula is C16H17N3O4. The molecule has 7 nitrogen and oxygen atoms in total. The second-order valence-electron chi connectivity index (χ2n) is 5.42. The van der Waals surface area contributed by atoms with Gasteiger partial charge in [-0.3, -0.25) is 18.7 Å². The number of hydrogen-bond donors (Lipinski definition) is 1. The third kappa shape index (κ3) is 3.03. The molecule has 0 saturated carbocycles. The highest BCUT2D eigenvalue weighted by Crippen LogP contribution is 2.31. The summed E-state index contributed by atoms with van der Waals surface area (Å²) in [5.74, 6) is 0.482. The molecular weight excluding hydrogens is 298 g/mol. The number of fused-ring (bicyclic) bond motifs is 1. The number of nitrogens with one attached hydrogen (secondary N) is 1. The van der Waals surface area contributed by atoms with Gasteiger partial charge in [0.1, 0.15) is 12.3 Å². The van der Waals surface area contributed by atoms with Crippen LogP contribution in [-0.4, -0.2) is 21.6 Å². The van der Waals surface area contributed by atoms with E-state index in [-0.39, 0.29) is 18.5 Å². The molecule has 1 amide bonds. The quantitative estimate of drug-likeness (QED) is 0.876. The Kier molecular flexibility index (Phi) is 4.01. The fourth-order valence-electron chi connectivity index (χ4n) is 2.62. The summed E-state index contributed by atoms with van der Waals surface area (Å²) >= 11 is 0. The minimum atomic E-state index is -0.514. The number of amides is 1. The minimum absolute atomic E-state index is 0.132. The van der Waals surface area contributed by atoms with Crippen molar-refractivity contribution in [3.05, 3.63) is 62.9 Å². The average molecular weight is 315 g/mol. The molecule has 1 aliphatic rings. The van der Waals surface area contributed by atoms with Crippen LogP contribution in [0, 0.1) is 0 Å². The highest BCUT2D eigenvalue weighted by Gasteiger charge is 2.22. The van der Waals surface area contributed by atoms with Crippen molar-refractivity contribution in [2.75, 3.05) is 6.61 Å². The predicted molar refractivity (Wildman–Crippen MR) is 83.4 cm³/mol. The van der Waals surface area contributed by atoms with E-state index in [1.54, 1.807) is 0 Å². The number of ether oxygens (including phenoxy) is 1. The molecule has 1 aromatic carbocycles. The largest absolute Gasteiger partial charge is 0.493 e. The van der Waals surface area contributed by atoms with Crippen molar-refractivity contribution in [1.82, 2.24) is 14.5 Å². The number of rotatable bonds is 3. The molecule has 0 unspecified atom stereocenters. The Morgan fingerprint density at radius 1 is 1.30 bits per heavy atom. The van der Waals surface area contributed by atoms with Gasteiger partial charge in [-0.25, -0.2) is 4.79 Å². The Balaban J connectivity index is 1.75. The van der Waals surface area contributed by atoms with Crippen LogP contribution in [0.5, 0.6) is 5.75 Å². The highest BCUT2D eigenvalue weighted by molar-refractivity contribution is 5.76. The van der Waals surface area contributed by atoms with Crippen molar-refractivity contribution in [3.8, 4) is 5.75 Å². The Labute approximate surface area is 132 Å². The molecule has 2 aromatic rings. The maximum Gasteiger partial charge on any atom is 0.331 e. The number of carbonyl (C=O) groups is 1. The molecule has 0 spiro atoms. The summed E-state index contributed by atoms with van der Waals surface area (Å²) in [6.07, 6.45) is 2.01. The number of hydrogen-bond acceptors (Lipinski definition) is 4. The summed E-state index contributed by atoms with van der Waals surface area (Å²) in [6, 6.07) is 8.68. The number of carbonyl (C=O) groups excluding carboxylic acids is 1. The SMILES string of the molecule is Cn1c(=O)ccn(CC(=O)N[C@@H]2CCOc3ccccc32)c1=O. The van der Waals surface area contributed by atoms with Crippen LogP contribution in [-0.2, 0) is 18.4 Å². The van der Waals surface area contributed by atoms with E-state index in [0.29, 0.717) is 13.0 Å². The molecule has 1 N–H and O–H groups in total. The second kappa shape index (κ2) is 6.12. The van der Waals surface area contributed by atoms with Crippen molar-refractivity contribution < 1.29 is 9.53 Å². The number of nitrogens with zero attached hydrogens (tertiary/aromatic N) is 2. The van der Waals surface area contributed by atoms with Gasteiger partial charge in [0.15, 0.2) is 0 Å². The van der Waals surface area contributed by atoms with Crippen LogP contribution in [0.2, 0.25) is 0 Å². The smallest absolute Gasteiger partial charge is 0.331 e. The minimum Gasteiger partial charge on any atom is -0.493 e. The molecule has 1 aliphatic heterocycles. The topological polar surface area (TPSA) is 82.3 Å². The van der Waals surface area contributed by atoms with E-state index in [4.69, 9.17) is 4.74 Å². The molecule has 1 aromatic heterocycles. The van der Waals surface area contributed by atoms with E-state index in [2.05, 4.69) is 5.32 Å². The van der Waals surface area contributed by atoms with Crippen LogP contribution in [0.3, 0.4) is 0 Å². The maximum absolute atomic E-state index is 12.2. The first-order valence-corrected chi connectivity index (χ1v) is 7.34. The van der Waals surface area contributed by atoms with Crippen molar-refractivity contribution in [3.63, 3.8) is 0 Å². The molecule has 0 bridgehead atoms. The van der Waals surface area contributed by atoms with Gasteiger partial charge in [-0.15, -0.1) is 0 Å². The Morgan fingerprint density at radius 3 is 2.91 bits per heavy atom. The zero-order chi connectivity index (χ0) is 16.4. The van der Waals surface area contributed by atoms with Crippen molar-refractivity contribution in [1.29, 1.82) is 0 Å². The molecule has 120 valence electrons. The first-order valence-electron chi connectivity index (χ1n) is 7.34. The van der Waals surface area contributed by atoms with Gasteiger partial charge in [0, 0.05) is 31.3 Å². The van der Waals surface area contributed by atoms with Crippen molar-refractivity contribution in [2.24, 2.45) is 7.05 Å². The lowest BCUT2D eigenvalue weighted by molar-refractivity contribution is -0.122. The molecule has 0 aliphatic carbocycles. The zero-order valence-corrected chi connectivity index (χ0v) is 12.7. The van der Waals surface area contributed by atoms with Gasteiger partial charge in [0.2, 0.25) is 5.91 Å². The molecule has 1 atom stereocenters. The number of benzene rings is 1. The van der Waals surface area contributed by atoms with E-state index in [1.807, 2.05) is 24.3 Å². The first kappa shape index (κ1) is 15.1. The summed E-state index contributed by atoms with van der Waals surface area (Å²) in [4.78, 5) is 35.5. The lowest BCUT2D eigenvalue weighted by atomic mass is 10.0. The van der Waals surface area contributed by atoms with E-state index in [1.165, 1.54) is 23.9 Å². The van der Waals surface area contributed by atoms with Crippen LogP contribution in [0.1, 0.15) is 18.0 Å². The van der Waals surface area contributed by atoms with Crippen molar-refractivity contribution >= 4 is 5.91 Å². The van der Waals surface area contributed by atoms with Gasteiger partial charge in [0.25, 0.3) is 5.56 Å². The molecule has 0 saturated heterocycles. The van der Waals surface area contributed by atoms with E-state index in [0.717, 1.165) is 15.9 Å². The fraction of sp³-hybridized carbons (Fsp3) is 0.312. The van der Waals surface area contributed by atoms with Crippen LogP contribution < -0.4 is 21.3 Å². The molecule has 2 heterocycles. The first-order chi connectivity index (χ1) is 11.1. The van der Waals surface area contributed by atoms with Gasteiger partial charge in [-0.2, -0.15) is 0 Å². The Hall–Kier alpha value is -2.83. The summed E-state index contributed by atoms with van der Waals surface area (Å²) in [5.41, 5.74) is 0.0185. The predicted octanol–water partition coefficient (Wildman–Crippen LogP) is 0.187. The second-order valence-corrected chi connectivity index (χ2v) is 5.42. The van der Waals surface area contributed by atoms with Gasteiger partial charge in [0.05, 0.1) is 12.6 Å². The molecule has 23 heavy (non-hydrogen) atoms. The Morgan fingerprint density at radius 2 is 2.09 bits per heavy atom. The average Bonchev–Trinajstić information content (AvgIpc) is 2.56. The van der Waals surface area contributed by atoms with E-state index in [9.17, 15) is 14.4 Å². The molecule has 7 heteroatoms. The lowest BCUT2D eigenvalue weighted by Gasteiger charge is -2.26. The standard InChI is InChI=1S/C16H17N3O4/c1-18-15(21)6-8-19(16(18)22)10-14(20)17-12-7-9-23-13-5-3-2-4-11(12)13/h2-6,8,12H,7,9-10H2,1H3,(H,17,20)/t12-/m1/s1. The third-order valence-electron chi connectivity index (χ3n) is 3.87. The molecule has 3 rings (SSSR count). The van der Waals surface area contributed by atoms with Crippen LogP contribution in [0.25, 0.3) is 0 Å². The molecule has 0 fully saturated rings. The van der Waals surface area contributed by atoms with E-state index >= 15 is 0 Å². The third-order valence-corrected chi connectivity index (χ3v) is 3.87. The Bertz CT molecular complexity index is 853. The van der Waals surface area contributed by atoms with Crippen LogP contribution >= 0.6 is 0 Å². The van der Waals surface area contributed by atoms with Gasteiger partial charge in [-0.05, 0) is 6.07 Å². The fourth-order valence-corrected chi connectivity index (χ4v) is 2.62. The number of aromatic nitrogens is 2. The van der Waals surface area contributed by atoms with Crippen LogP contribution in [0.15, 0.2) is 46.1 Å². The summed E-state index contributed by atoms with van der Waals surface area (Å²) in [6.45, 7) is 0.397. The number of para-hydroxylation sites is 1. The molecule has 0 radical (unpaired) electrons. The van der Waals surface area contributed by atoms with Gasteiger partial charge < -0.3 is 10.1 Å².